The number of halogens is 1. The van der Waals surface area contributed by atoms with Crippen LogP contribution in [0.5, 0.6) is 5.75 Å². The Morgan fingerprint density at radius 2 is 2.14 bits per heavy atom. The summed E-state index contributed by atoms with van der Waals surface area (Å²) in [5, 5.41) is 2.85. The number of thiocarbonyl (C=S) groups is 1. The third-order valence-electron chi connectivity index (χ3n) is 3.00. The van der Waals surface area contributed by atoms with E-state index in [1.807, 2.05) is 6.92 Å². The van der Waals surface area contributed by atoms with Gasteiger partial charge in [-0.1, -0.05) is 25.6 Å². The Balaban J connectivity index is 2.66. The van der Waals surface area contributed by atoms with Crippen LogP contribution in [0.3, 0.4) is 0 Å². The van der Waals surface area contributed by atoms with Crippen molar-refractivity contribution in [3.63, 3.8) is 0 Å². The van der Waals surface area contributed by atoms with Gasteiger partial charge in [0, 0.05) is 17.7 Å². The van der Waals surface area contributed by atoms with Crippen LogP contribution in [-0.4, -0.2) is 23.0 Å². The zero-order valence-electron chi connectivity index (χ0n) is 12.5. The summed E-state index contributed by atoms with van der Waals surface area (Å²) in [6.45, 7) is 5.60. The largest absolute Gasteiger partial charge is 0.481 e. The molecule has 116 valence electrons. The molecule has 1 aromatic rings. The number of nitrogens with one attached hydrogen (secondary N) is 1. The smallest absolute Gasteiger partial charge is 0.260 e. The highest BCUT2D eigenvalue weighted by Gasteiger charge is 2.17. The Hall–Kier alpha value is -1.69. The molecule has 0 aliphatic carbocycles. The average Bonchev–Trinajstić information content (AvgIpc) is 2.38. The van der Waals surface area contributed by atoms with Gasteiger partial charge in [0.25, 0.3) is 5.91 Å². The van der Waals surface area contributed by atoms with Crippen LogP contribution in [0.25, 0.3) is 0 Å². The quantitative estimate of drug-likeness (QED) is 0.759. The first-order valence-electron chi connectivity index (χ1n) is 6.91. The van der Waals surface area contributed by atoms with Crippen molar-refractivity contribution >= 4 is 23.1 Å². The molecule has 0 radical (unpaired) electrons. The van der Waals surface area contributed by atoms with Gasteiger partial charge in [-0.25, -0.2) is 4.39 Å². The second-order valence-electron chi connectivity index (χ2n) is 4.96. The summed E-state index contributed by atoms with van der Waals surface area (Å²) in [4.78, 5) is 11.9. The summed E-state index contributed by atoms with van der Waals surface area (Å²) < 4.78 is 19.1. The minimum Gasteiger partial charge on any atom is -0.481 e. The Bertz CT molecular complexity index is 522. The van der Waals surface area contributed by atoms with Gasteiger partial charge >= 0.3 is 0 Å². The zero-order valence-corrected chi connectivity index (χ0v) is 13.3. The minimum atomic E-state index is -0.709. The molecule has 6 heteroatoms. The maximum absolute atomic E-state index is 13.7. The van der Waals surface area contributed by atoms with Crippen LogP contribution in [0.4, 0.5) is 4.39 Å². The van der Waals surface area contributed by atoms with Gasteiger partial charge in [0.15, 0.2) is 6.10 Å². The molecule has 0 saturated carbocycles. The standard InChI is InChI=1S/C15H21FN2O2S/c1-4-5-9(2)18-15(19)10(3)20-11-6-7-12(14(17)21)13(16)8-11/h6-10H,4-5H2,1-3H3,(H2,17,21)(H,18,19). The highest BCUT2D eigenvalue weighted by molar-refractivity contribution is 7.80. The van der Waals surface area contributed by atoms with Crippen molar-refractivity contribution in [1.82, 2.24) is 5.32 Å². The predicted molar refractivity (Wildman–Crippen MR) is 84.9 cm³/mol. The molecule has 0 aliphatic heterocycles. The molecular formula is C15H21FN2O2S. The SMILES string of the molecule is CCCC(C)NC(=O)C(C)Oc1ccc(C(N)=S)c(F)c1. The molecule has 1 rings (SSSR count). The number of ether oxygens (including phenoxy) is 1. The summed E-state index contributed by atoms with van der Waals surface area (Å²) in [6.07, 6.45) is 1.18. The van der Waals surface area contributed by atoms with E-state index in [1.54, 1.807) is 6.92 Å². The van der Waals surface area contributed by atoms with Crippen LogP contribution in [0.15, 0.2) is 18.2 Å². The molecule has 2 unspecified atom stereocenters. The van der Waals surface area contributed by atoms with Crippen molar-refractivity contribution in [2.45, 2.75) is 45.8 Å². The van der Waals surface area contributed by atoms with E-state index in [-0.39, 0.29) is 28.3 Å². The van der Waals surface area contributed by atoms with Crippen LogP contribution >= 0.6 is 12.2 Å². The molecular weight excluding hydrogens is 291 g/mol. The van der Waals surface area contributed by atoms with Crippen molar-refractivity contribution in [3.8, 4) is 5.75 Å². The van der Waals surface area contributed by atoms with Crippen LogP contribution in [-0.2, 0) is 4.79 Å². The molecule has 1 amide bonds. The summed E-state index contributed by atoms with van der Waals surface area (Å²) in [7, 11) is 0. The van der Waals surface area contributed by atoms with Crippen molar-refractivity contribution in [1.29, 1.82) is 0 Å². The molecule has 21 heavy (non-hydrogen) atoms. The van der Waals surface area contributed by atoms with Gasteiger partial charge in [-0.3, -0.25) is 4.79 Å². The summed E-state index contributed by atoms with van der Waals surface area (Å²) >= 11 is 4.73. The lowest BCUT2D eigenvalue weighted by Gasteiger charge is -2.18. The van der Waals surface area contributed by atoms with E-state index in [0.717, 1.165) is 12.8 Å². The molecule has 0 fully saturated rings. The maximum atomic E-state index is 13.7. The number of benzene rings is 1. The average molecular weight is 312 g/mol. The Morgan fingerprint density at radius 1 is 1.48 bits per heavy atom. The lowest BCUT2D eigenvalue weighted by molar-refractivity contribution is -0.127. The monoisotopic (exact) mass is 312 g/mol. The first-order valence-corrected chi connectivity index (χ1v) is 7.32. The maximum Gasteiger partial charge on any atom is 0.260 e. The number of rotatable bonds is 7. The Kier molecular flexibility index (Phi) is 6.55. The zero-order chi connectivity index (χ0) is 16.0. The predicted octanol–water partition coefficient (Wildman–Crippen LogP) is 2.53. The van der Waals surface area contributed by atoms with Gasteiger partial charge in [0.05, 0.1) is 0 Å². The normalized spacial score (nSPS) is 13.3. The number of hydrogen-bond donors (Lipinski definition) is 2. The van der Waals surface area contributed by atoms with Gasteiger partial charge in [0.2, 0.25) is 0 Å². The molecule has 4 nitrogen and oxygen atoms in total. The fourth-order valence-corrected chi connectivity index (χ4v) is 2.06. The third kappa shape index (κ3) is 5.30. The lowest BCUT2D eigenvalue weighted by Crippen LogP contribution is -2.41. The van der Waals surface area contributed by atoms with E-state index in [0.29, 0.717) is 0 Å². The van der Waals surface area contributed by atoms with E-state index < -0.39 is 11.9 Å². The molecule has 0 saturated heterocycles. The fourth-order valence-electron chi connectivity index (χ4n) is 1.89. The van der Waals surface area contributed by atoms with Crippen molar-refractivity contribution in [2.24, 2.45) is 5.73 Å². The number of amides is 1. The first kappa shape index (κ1) is 17.4. The van der Waals surface area contributed by atoms with Crippen molar-refractivity contribution in [3.05, 3.63) is 29.6 Å². The van der Waals surface area contributed by atoms with E-state index in [9.17, 15) is 9.18 Å². The number of nitrogens with two attached hydrogens (primary N) is 1. The summed E-state index contributed by atoms with van der Waals surface area (Å²) in [6, 6.07) is 4.24. The van der Waals surface area contributed by atoms with E-state index in [4.69, 9.17) is 22.7 Å². The van der Waals surface area contributed by atoms with Crippen LogP contribution < -0.4 is 15.8 Å². The van der Waals surface area contributed by atoms with E-state index in [1.165, 1.54) is 18.2 Å². The number of hydrogen-bond acceptors (Lipinski definition) is 3. The summed E-state index contributed by atoms with van der Waals surface area (Å²) in [5.74, 6) is -0.528. The second-order valence-corrected chi connectivity index (χ2v) is 5.40. The molecule has 0 aliphatic rings. The van der Waals surface area contributed by atoms with Crippen LogP contribution in [0.1, 0.15) is 39.2 Å². The van der Waals surface area contributed by atoms with E-state index >= 15 is 0 Å². The topological polar surface area (TPSA) is 64.3 Å². The third-order valence-corrected chi connectivity index (χ3v) is 3.22. The van der Waals surface area contributed by atoms with Gasteiger partial charge in [0.1, 0.15) is 16.6 Å². The first-order chi connectivity index (χ1) is 9.85. The molecule has 3 N–H and O–H groups in total. The Labute approximate surface area is 129 Å². The molecule has 1 aromatic carbocycles. The van der Waals surface area contributed by atoms with Gasteiger partial charge in [-0.15, -0.1) is 0 Å². The summed E-state index contributed by atoms with van der Waals surface area (Å²) in [5.41, 5.74) is 5.54. The highest BCUT2D eigenvalue weighted by atomic mass is 32.1. The van der Waals surface area contributed by atoms with Crippen molar-refractivity contribution < 1.29 is 13.9 Å². The van der Waals surface area contributed by atoms with Gasteiger partial charge in [-0.2, -0.15) is 0 Å². The van der Waals surface area contributed by atoms with Gasteiger partial charge in [-0.05, 0) is 32.4 Å². The fraction of sp³-hybridized carbons (Fsp3) is 0.467. The molecule has 2 atom stereocenters. The molecule has 0 aromatic heterocycles. The Morgan fingerprint density at radius 3 is 2.67 bits per heavy atom. The van der Waals surface area contributed by atoms with Crippen molar-refractivity contribution in [2.75, 3.05) is 0 Å². The number of carbonyl (C=O) groups is 1. The molecule has 0 spiro atoms. The van der Waals surface area contributed by atoms with Crippen LogP contribution in [0.2, 0.25) is 0 Å². The van der Waals surface area contributed by atoms with Crippen LogP contribution in [0, 0.1) is 5.82 Å². The van der Waals surface area contributed by atoms with Gasteiger partial charge < -0.3 is 15.8 Å². The highest BCUT2D eigenvalue weighted by Crippen LogP contribution is 2.18. The van der Waals surface area contributed by atoms with E-state index in [2.05, 4.69) is 12.2 Å². The minimum absolute atomic E-state index is 0.0155. The molecule has 0 heterocycles. The second kappa shape index (κ2) is 7.93. The lowest BCUT2D eigenvalue weighted by atomic mass is 10.2. The number of carbonyl (C=O) groups excluding carboxylic acids is 1. The molecule has 0 bridgehead atoms.